The summed E-state index contributed by atoms with van der Waals surface area (Å²) in [5.74, 6) is 0.0962. The molecule has 1 atom stereocenters. The molecule has 0 radical (unpaired) electrons. The SMILES string of the molecule is C=CCN1C(=O)C(C)SC1=Nc1cccc2ccccc12. The Morgan fingerprint density at radius 1 is 1.29 bits per heavy atom. The number of benzene rings is 2. The molecule has 106 valence electrons. The van der Waals surface area contributed by atoms with Gasteiger partial charge in [0.25, 0.3) is 0 Å². The largest absolute Gasteiger partial charge is 0.286 e. The summed E-state index contributed by atoms with van der Waals surface area (Å²) >= 11 is 1.50. The van der Waals surface area contributed by atoms with Crippen LogP contribution in [-0.4, -0.2) is 27.8 Å². The van der Waals surface area contributed by atoms with E-state index in [1.807, 2.05) is 31.2 Å². The molecular weight excluding hydrogens is 280 g/mol. The van der Waals surface area contributed by atoms with Crippen molar-refractivity contribution in [2.24, 2.45) is 4.99 Å². The Hall–Kier alpha value is -2.07. The third-order valence-corrected chi connectivity index (χ3v) is 4.50. The van der Waals surface area contributed by atoms with Crippen molar-refractivity contribution < 1.29 is 4.79 Å². The highest BCUT2D eigenvalue weighted by molar-refractivity contribution is 8.15. The molecule has 0 N–H and O–H groups in total. The molecule has 3 rings (SSSR count). The van der Waals surface area contributed by atoms with E-state index in [4.69, 9.17) is 4.99 Å². The van der Waals surface area contributed by atoms with Crippen LogP contribution in [-0.2, 0) is 4.79 Å². The van der Waals surface area contributed by atoms with Crippen LogP contribution in [0.15, 0.2) is 60.1 Å². The van der Waals surface area contributed by atoms with Crippen LogP contribution in [0.2, 0.25) is 0 Å². The summed E-state index contributed by atoms with van der Waals surface area (Å²) in [6.45, 7) is 6.13. The summed E-state index contributed by atoms with van der Waals surface area (Å²) in [5.41, 5.74) is 0.895. The Balaban J connectivity index is 2.07. The van der Waals surface area contributed by atoms with E-state index < -0.39 is 0 Å². The second kappa shape index (κ2) is 5.74. The molecule has 1 fully saturated rings. The molecule has 1 aliphatic rings. The van der Waals surface area contributed by atoms with Crippen molar-refractivity contribution in [3.63, 3.8) is 0 Å². The first kappa shape index (κ1) is 13.9. The lowest BCUT2D eigenvalue weighted by atomic mass is 10.1. The zero-order valence-electron chi connectivity index (χ0n) is 11.8. The first-order valence-corrected chi connectivity index (χ1v) is 7.74. The van der Waals surface area contributed by atoms with Crippen molar-refractivity contribution in [1.82, 2.24) is 4.90 Å². The minimum absolute atomic E-state index is 0.0846. The molecule has 1 aliphatic heterocycles. The number of carbonyl (C=O) groups is 1. The molecule has 2 aromatic carbocycles. The van der Waals surface area contributed by atoms with Gasteiger partial charge in [-0.15, -0.1) is 6.58 Å². The highest BCUT2D eigenvalue weighted by atomic mass is 32.2. The molecule has 0 spiro atoms. The average molecular weight is 296 g/mol. The summed E-state index contributed by atoms with van der Waals surface area (Å²) < 4.78 is 0. The van der Waals surface area contributed by atoms with Crippen molar-refractivity contribution in [3.8, 4) is 0 Å². The predicted octanol–water partition coefficient (Wildman–Crippen LogP) is 3.98. The van der Waals surface area contributed by atoms with Gasteiger partial charge in [0, 0.05) is 11.9 Å². The number of amides is 1. The van der Waals surface area contributed by atoms with Crippen molar-refractivity contribution in [2.75, 3.05) is 6.54 Å². The van der Waals surface area contributed by atoms with Crippen molar-refractivity contribution in [1.29, 1.82) is 0 Å². The van der Waals surface area contributed by atoms with Crippen molar-refractivity contribution >= 4 is 39.3 Å². The van der Waals surface area contributed by atoms with E-state index in [0.717, 1.165) is 21.6 Å². The number of thioether (sulfide) groups is 1. The minimum atomic E-state index is -0.0846. The third kappa shape index (κ3) is 2.59. The summed E-state index contributed by atoms with van der Waals surface area (Å²) in [4.78, 5) is 18.6. The predicted molar refractivity (Wildman–Crippen MR) is 90.0 cm³/mol. The van der Waals surface area contributed by atoms with Crippen LogP contribution in [0, 0.1) is 0 Å². The number of hydrogen-bond acceptors (Lipinski definition) is 3. The number of aliphatic imine (C=N–C) groups is 1. The van der Waals surface area contributed by atoms with E-state index in [-0.39, 0.29) is 11.2 Å². The molecular formula is C17H16N2OS. The number of hydrogen-bond donors (Lipinski definition) is 0. The van der Waals surface area contributed by atoms with Gasteiger partial charge in [-0.05, 0) is 18.4 Å². The number of nitrogens with zero attached hydrogens (tertiary/aromatic N) is 2. The summed E-state index contributed by atoms with van der Waals surface area (Å²) in [7, 11) is 0. The van der Waals surface area contributed by atoms with Gasteiger partial charge in [0.15, 0.2) is 5.17 Å². The van der Waals surface area contributed by atoms with Gasteiger partial charge in [0.05, 0.1) is 10.9 Å². The van der Waals surface area contributed by atoms with Crippen LogP contribution >= 0.6 is 11.8 Å². The summed E-state index contributed by atoms with van der Waals surface area (Å²) in [6.07, 6.45) is 1.73. The van der Waals surface area contributed by atoms with Crippen LogP contribution in [0.1, 0.15) is 6.92 Å². The molecule has 2 aromatic rings. The molecule has 4 heteroatoms. The fourth-order valence-electron chi connectivity index (χ4n) is 2.38. The lowest BCUT2D eigenvalue weighted by Crippen LogP contribution is -2.31. The van der Waals surface area contributed by atoms with Gasteiger partial charge in [-0.1, -0.05) is 54.2 Å². The molecule has 1 unspecified atom stereocenters. The Bertz CT molecular complexity index is 733. The lowest BCUT2D eigenvalue weighted by Gasteiger charge is -2.13. The van der Waals surface area contributed by atoms with E-state index in [1.165, 1.54) is 11.8 Å². The number of amidine groups is 1. The normalized spacial score (nSPS) is 20.4. The molecule has 0 saturated carbocycles. The second-order valence-electron chi connectivity index (χ2n) is 4.89. The zero-order chi connectivity index (χ0) is 14.8. The Kier molecular flexibility index (Phi) is 3.80. The van der Waals surface area contributed by atoms with Crippen LogP contribution in [0.3, 0.4) is 0 Å². The van der Waals surface area contributed by atoms with Gasteiger partial charge in [-0.25, -0.2) is 4.99 Å². The van der Waals surface area contributed by atoms with Gasteiger partial charge in [0.2, 0.25) is 5.91 Å². The highest BCUT2D eigenvalue weighted by Crippen LogP contribution is 2.32. The van der Waals surface area contributed by atoms with Gasteiger partial charge >= 0.3 is 0 Å². The van der Waals surface area contributed by atoms with Crippen LogP contribution in [0.5, 0.6) is 0 Å². The fourth-order valence-corrected chi connectivity index (χ4v) is 3.37. The zero-order valence-corrected chi connectivity index (χ0v) is 12.6. The number of fused-ring (bicyclic) bond motifs is 1. The number of rotatable bonds is 3. The molecule has 21 heavy (non-hydrogen) atoms. The highest BCUT2D eigenvalue weighted by Gasteiger charge is 2.34. The Labute approximate surface area is 128 Å². The molecule has 0 aromatic heterocycles. The first-order valence-electron chi connectivity index (χ1n) is 6.86. The average Bonchev–Trinajstić information content (AvgIpc) is 2.76. The molecule has 0 aliphatic carbocycles. The first-order chi connectivity index (χ1) is 10.2. The Morgan fingerprint density at radius 2 is 2.05 bits per heavy atom. The maximum Gasteiger partial charge on any atom is 0.242 e. The second-order valence-corrected chi connectivity index (χ2v) is 6.20. The maximum atomic E-state index is 12.1. The van der Waals surface area contributed by atoms with Gasteiger partial charge in [0.1, 0.15) is 0 Å². The minimum Gasteiger partial charge on any atom is -0.286 e. The number of carbonyl (C=O) groups excluding carboxylic acids is 1. The fraction of sp³-hybridized carbons (Fsp3) is 0.176. The van der Waals surface area contributed by atoms with Crippen molar-refractivity contribution in [2.45, 2.75) is 12.2 Å². The van der Waals surface area contributed by atoms with Gasteiger partial charge in [-0.2, -0.15) is 0 Å². The standard InChI is InChI=1S/C17H16N2OS/c1-3-11-19-16(20)12(2)21-17(19)18-15-10-6-8-13-7-4-5-9-14(13)15/h3-10,12H,1,11H2,2H3. The van der Waals surface area contributed by atoms with Crippen LogP contribution < -0.4 is 0 Å². The maximum absolute atomic E-state index is 12.1. The monoisotopic (exact) mass is 296 g/mol. The van der Waals surface area contributed by atoms with Gasteiger partial charge in [-0.3, -0.25) is 9.69 Å². The smallest absolute Gasteiger partial charge is 0.242 e. The molecule has 1 heterocycles. The third-order valence-electron chi connectivity index (χ3n) is 3.42. The van der Waals surface area contributed by atoms with E-state index in [2.05, 4.69) is 24.8 Å². The van der Waals surface area contributed by atoms with E-state index in [1.54, 1.807) is 11.0 Å². The van der Waals surface area contributed by atoms with E-state index in [9.17, 15) is 4.79 Å². The van der Waals surface area contributed by atoms with Crippen LogP contribution in [0.4, 0.5) is 5.69 Å². The quantitative estimate of drug-likeness (QED) is 0.803. The van der Waals surface area contributed by atoms with Gasteiger partial charge < -0.3 is 0 Å². The molecule has 0 bridgehead atoms. The molecule has 1 saturated heterocycles. The van der Waals surface area contributed by atoms with E-state index in [0.29, 0.717) is 6.54 Å². The summed E-state index contributed by atoms with van der Waals surface area (Å²) in [6, 6.07) is 14.2. The topological polar surface area (TPSA) is 32.7 Å². The van der Waals surface area contributed by atoms with Crippen LogP contribution in [0.25, 0.3) is 10.8 Å². The van der Waals surface area contributed by atoms with Crippen molar-refractivity contribution in [3.05, 3.63) is 55.1 Å². The molecule has 1 amide bonds. The Morgan fingerprint density at radius 3 is 2.86 bits per heavy atom. The summed E-state index contributed by atoms with van der Waals surface area (Å²) in [5, 5.41) is 2.91. The lowest BCUT2D eigenvalue weighted by molar-refractivity contribution is -0.125. The molecule has 3 nitrogen and oxygen atoms in total. The van der Waals surface area contributed by atoms with E-state index >= 15 is 0 Å².